The Kier molecular flexibility index (Phi) is 8.53. The second-order valence-electron chi connectivity index (χ2n) is 7.74. The van der Waals surface area contributed by atoms with Crippen LogP contribution in [0.1, 0.15) is 35.2 Å². The van der Waals surface area contributed by atoms with Crippen LogP contribution < -0.4 is 20.1 Å². The molecule has 182 valence electrons. The number of hydrogen-bond acceptors (Lipinski definition) is 5. The zero-order chi connectivity index (χ0) is 24.6. The number of hydrogen-bond donors (Lipinski definition) is 3. The van der Waals surface area contributed by atoms with E-state index in [2.05, 4.69) is 15.4 Å². The summed E-state index contributed by atoms with van der Waals surface area (Å²) in [4.78, 5) is 25.2. The van der Waals surface area contributed by atoms with Gasteiger partial charge < -0.3 is 25.2 Å². The van der Waals surface area contributed by atoms with Crippen LogP contribution in [0.4, 0.5) is 13.2 Å². The Morgan fingerprint density at radius 1 is 1.03 bits per heavy atom. The molecule has 0 aromatic heterocycles. The summed E-state index contributed by atoms with van der Waals surface area (Å²) in [6.45, 7) is 0.284. The first-order chi connectivity index (χ1) is 16.2. The number of aliphatic hydroxyl groups is 1. The molecule has 0 aliphatic heterocycles. The normalized spacial score (nSPS) is 14.2. The maximum absolute atomic E-state index is 12.7. The van der Waals surface area contributed by atoms with Gasteiger partial charge in [0, 0.05) is 12.1 Å². The van der Waals surface area contributed by atoms with Gasteiger partial charge in [0.05, 0.1) is 13.2 Å². The van der Waals surface area contributed by atoms with E-state index in [4.69, 9.17) is 9.84 Å². The van der Waals surface area contributed by atoms with Crippen LogP contribution in [0.2, 0.25) is 0 Å². The fourth-order valence-electron chi connectivity index (χ4n) is 3.13. The van der Waals surface area contributed by atoms with E-state index in [9.17, 15) is 22.8 Å². The number of halogens is 3. The summed E-state index contributed by atoms with van der Waals surface area (Å²) >= 11 is 0. The molecule has 0 unspecified atom stereocenters. The summed E-state index contributed by atoms with van der Waals surface area (Å²) in [6, 6.07) is 11.3. The third-order valence-electron chi connectivity index (χ3n) is 5.14. The summed E-state index contributed by atoms with van der Waals surface area (Å²) < 4.78 is 46.6. The number of carbonyl (C=O) groups is 2. The Hall–Kier alpha value is -3.53. The standard InChI is InChI=1S/C24H25F3N2O5/c25-24(26,27)34-20-8-4-16(5-9-20)14-21(23(32)28-12-13-30)29-22(31)18-6-10-19(11-7-18)33-15-17-2-1-3-17/h4-11,14,17,30H,1-3,12-13,15H2,(H,28,32)(H,29,31)/b21-14+. The van der Waals surface area contributed by atoms with Gasteiger partial charge in [0.1, 0.15) is 17.2 Å². The largest absolute Gasteiger partial charge is 0.573 e. The second kappa shape index (κ2) is 11.6. The minimum absolute atomic E-state index is 0.0442. The number of amides is 2. The van der Waals surface area contributed by atoms with E-state index in [1.54, 1.807) is 24.3 Å². The number of carbonyl (C=O) groups excluding carboxylic acids is 2. The van der Waals surface area contributed by atoms with E-state index in [-0.39, 0.29) is 24.4 Å². The van der Waals surface area contributed by atoms with Gasteiger partial charge in [-0.25, -0.2) is 0 Å². The Morgan fingerprint density at radius 3 is 2.24 bits per heavy atom. The molecule has 0 atom stereocenters. The van der Waals surface area contributed by atoms with Crippen molar-refractivity contribution in [3.63, 3.8) is 0 Å². The average Bonchev–Trinajstić information content (AvgIpc) is 2.76. The predicted octanol–water partition coefficient (Wildman–Crippen LogP) is 3.64. The smallest absolute Gasteiger partial charge is 0.493 e. The van der Waals surface area contributed by atoms with Gasteiger partial charge in [0.25, 0.3) is 11.8 Å². The maximum Gasteiger partial charge on any atom is 0.573 e. The van der Waals surface area contributed by atoms with Crippen molar-refractivity contribution < 1.29 is 37.3 Å². The lowest BCUT2D eigenvalue weighted by Gasteiger charge is -2.25. The number of ether oxygens (including phenoxy) is 2. The van der Waals surface area contributed by atoms with E-state index in [1.807, 2.05) is 0 Å². The molecule has 0 spiro atoms. The van der Waals surface area contributed by atoms with E-state index in [1.165, 1.54) is 24.6 Å². The Balaban J connectivity index is 1.69. The summed E-state index contributed by atoms with van der Waals surface area (Å²) in [6.07, 6.45) is 0.0228. The number of nitrogens with one attached hydrogen (secondary N) is 2. The van der Waals surface area contributed by atoms with Gasteiger partial charge in [-0.3, -0.25) is 9.59 Å². The van der Waals surface area contributed by atoms with E-state index < -0.39 is 23.9 Å². The van der Waals surface area contributed by atoms with Crippen LogP contribution in [0.3, 0.4) is 0 Å². The van der Waals surface area contributed by atoms with E-state index in [0.29, 0.717) is 23.8 Å². The summed E-state index contributed by atoms with van der Waals surface area (Å²) in [7, 11) is 0. The molecule has 1 aliphatic carbocycles. The van der Waals surface area contributed by atoms with E-state index in [0.717, 1.165) is 25.0 Å². The van der Waals surface area contributed by atoms with Gasteiger partial charge in [-0.05, 0) is 66.8 Å². The molecule has 1 saturated carbocycles. The van der Waals surface area contributed by atoms with Crippen molar-refractivity contribution in [2.24, 2.45) is 5.92 Å². The first-order valence-electron chi connectivity index (χ1n) is 10.7. The minimum Gasteiger partial charge on any atom is -0.493 e. The van der Waals surface area contributed by atoms with Crippen LogP contribution in [-0.4, -0.2) is 43.0 Å². The van der Waals surface area contributed by atoms with Crippen LogP contribution in [0.15, 0.2) is 54.2 Å². The first kappa shape index (κ1) is 25.1. The van der Waals surface area contributed by atoms with Crippen molar-refractivity contribution in [2.45, 2.75) is 25.6 Å². The van der Waals surface area contributed by atoms with Crippen molar-refractivity contribution in [3.05, 3.63) is 65.4 Å². The van der Waals surface area contributed by atoms with Crippen LogP contribution in [-0.2, 0) is 4.79 Å². The SMILES string of the molecule is O=C(NCCO)/C(=C\c1ccc(OC(F)(F)F)cc1)NC(=O)c1ccc(OCC2CCC2)cc1. The lowest BCUT2D eigenvalue weighted by molar-refractivity contribution is -0.274. The van der Waals surface area contributed by atoms with Gasteiger partial charge in [0.15, 0.2) is 0 Å². The molecular weight excluding hydrogens is 453 g/mol. The van der Waals surface area contributed by atoms with Crippen LogP contribution in [0.5, 0.6) is 11.5 Å². The highest BCUT2D eigenvalue weighted by atomic mass is 19.4. The third kappa shape index (κ3) is 7.80. The molecule has 10 heteroatoms. The number of benzene rings is 2. The molecule has 2 amide bonds. The molecule has 0 radical (unpaired) electrons. The fourth-order valence-corrected chi connectivity index (χ4v) is 3.13. The van der Waals surface area contributed by atoms with E-state index >= 15 is 0 Å². The number of aliphatic hydroxyl groups excluding tert-OH is 1. The molecule has 1 aliphatic rings. The maximum atomic E-state index is 12.7. The van der Waals surface area contributed by atoms with Crippen LogP contribution in [0, 0.1) is 5.92 Å². The van der Waals surface area contributed by atoms with Crippen molar-refractivity contribution in [1.82, 2.24) is 10.6 Å². The van der Waals surface area contributed by atoms with Gasteiger partial charge in [-0.15, -0.1) is 13.2 Å². The van der Waals surface area contributed by atoms with Crippen molar-refractivity contribution in [2.75, 3.05) is 19.8 Å². The van der Waals surface area contributed by atoms with Crippen molar-refractivity contribution in [3.8, 4) is 11.5 Å². The lowest BCUT2D eigenvalue weighted by Crippen LogP contribution is -2.36. The molecule has 1 fully saturated rings. The van der Waals surface area contributed by atoms with Gasteiger partial charge >= 0.3 is 6.36 Å². The molecule has 34 heavy (non-hydrogen) atoms. The summed E-state index contributed by atoms with van der Waals surface area (Å²) in [5, 5.41) is 13.9. The molecule has 0 saturated heterocycles. The molecule has 0 heterocycles. The average molecular weight is 478 g/mol. The van der Waals surface area contributed by atoms with Gasteiger partial charge in [-0.1, -0.05) is 18.6 Å². The zero-order valence-electron chi connectivity index (χ0n) is 18.2. The van der Waals surface area contributed by atoms with Crippen LogP contribution in [0.25, 0.3) is 6.08 Å². The monoisotopic (exact) mass is 478 g/mol. The molecule has 2 aromatic rings. The quantitative estimate of drug-likeness (QED) is 0.453. The summed E-state index contributed by atoms with van der Waals surface area (Å²) in [5.41, 5.74) is 0.489. The fraction of sp³-hybridized carbons (Fsp3) is 0.333. The molecule has 3 rings (SSSR count). The topological polar surface area (TPSA) is 96.9 Å². The Morgan fingerprint density at radius 2 is 1.68 bits per heavy atom. The predicted molar refractivity (Wildman–Crippen MR) is 118 cm³/mol. The van der Waals surface area contributed by atoms with Crippen molar-refractivity contribution in [1.29, 1.82) is 0 Å². The summed E-state index contributed by atoms with van der Waals surface area (Å²) in [5.74, 6) is -0.436. The lowest BCUT2D eigenvalue weighted by atomic mass is 9.86. The molecule has 7 nitrogen and oxygen atoms in total. The first-order valence-corrected chi connectivity index (χ1v) is 10.7. The Labute approximate surface area is 194 Å². The second-order valence-corrected chi connectivity index (χ2v) is 7.74. The Bertz CT molecular complexity index is 1000. The third-order valence-corrected chi connectivity index (χ3v) is 5.14. The zero-order valence-corrected chi connectivity index (χ0v) is 18.2. The van der Waals surface area contributed by atoms with Gasteiger partial charge in [0.2, 0.25) is 0 Å². The number of alkyl halides is 3. The molecule has 2 aromatic carbocycles. The molecular formula is C24H25F3N2O5. The van der Waals surface area contributed by atoms with Crippen molar-refractivity contribution >= 4 is 17.9 Å². The molecule has 3 N–H and O–H groups in total. The van der Waals surface area contributed by atoms with Crippen LogP contribution >= 0.6 is 0 Å². The number of rotatable bonds is 10. The highest BCUT2D eigenvalue weighted by Gasteiger charge is 2.31. The highest BCUT2D eigenvalue weighted by Crippen LogP contribution is 2.27. The minimum atomic E-state index is -4.82. The highest BCUT2D eigenvalue weighted by molar-refractivity contribution is 6.05. The molecule has 0 bridgehead atoms. The van der Waals surface area contributed by atoms with Gasteiger partial charge in [-0.2, -0.15) is 0 Å².